The Morgan fingerprint density at radius 1 is 1.38 bits per heavy atom. The van der Waals surface area contributed by atoms with Crippen LogP contribution in [0.4, 0.5) is 0 Å². The van der Waals surface area contributed by atoms with Crippen LogP contribution >= 0.6 is 0 Å². The van der Waals surface area contributed by atoms with Gasteiger partial charge >= 0.3 is 0 Å². The lowest BCUT2D eigenvalue weighted by Crippen LogP contribution is -2.36. The average molecular weight is 186 g/mol. The van der Waals surface area contributed by atoms with E-state index in [1.54, 1.807) is 4.90 Å². The zero-order valence-electron chi connectivity index (χ0n) is 9.21. The summed E-state index contributed by atoms with van der Waals surface area (Å²) in [6, 6.07) is 0.285. The quantitative estimate of drug-likeness (QED) is 0.702. The fraction of sp³-hybridized carbons (Fsp3) is 0.900. The lowest BCUT2D eigenvalue weighted by atomic mass is 10.0. The molecule has 2 N–H and O–H groups in total. The van der Waals surface area contributed by atoms with Crippen LogP contribution in [-0.2, 0) is 4.79 Å². The van der Waals surface area contributed by atoms with Crippen molar-refractivity contribution in [3.05, 3.63) is 0 Å². The standard InChI is InChI=1S/C10H22N2O/c1-8(2)12(4)10(13)9(3)6-5-7-11/h8-9H,5-7,11H2,1-4H3. The summed E-state index contributed by atoms with van der Waals surface area (Å²) in [6.45, 7) is 6.68. The molecule has 3 heteroatoms. The summed E-state index contributed by atoms with van der Waals surface area (Å²) in [6.07, 6.45) is 1.82. The molecule has 0 bridgehead atoms. The largest absolute Gasteiger partial charge is 0.343 e. The van der Waals surface area contributed by atoms with Gasteiger partial charge in [-0.2, -0.15) is 0 Å². The third-order valence-electron chi connectivity index (χ3n) is 2.39. The highest BCUT2D eigenvalue weighted by molar-refractivity contribution is 5.78. The average Bonchev–Trinajstić information content (AvgIpc) is 2.11. The maximum Gasteiger partial charge on any atom is 0.225 e. The summed E-state index contributed by atoms with van der Waals surface area (Å²) in [5.41, 5.74) is 5.39. The van der Waals surface area contributed by atoms with Gasteiger partial charge in [-0.1, -0.05) is 6.92 Å². The van der Waals surface area contributed by atoms with E-state index in [-0.39, 0.29) is 17.9 Å². The first-order valence-electron chi connectivity index (χ1n) is 4.97. The number of nitrogens with two attached hydrogens (primary N) is 1. The van der Waals surface area contributed by atoms with E-state index in [1.165, 1.54) is 0 Å². The predicted molar refractivity (Wildman–Crippen MR) is 55.4 cm³/mol. The van der Waals surface area contributed by atoms with Crippen molar-refractivity contribution in [2.45, 2.75) is 39.7 Å². The molecule has 78 valence electrons. The van der Waals surface area contributed by atoms with Gasteiger partial charge in [0.15, 0.2) is 0 Å². The van der Waals surface area contributed by atoms with Crippen LogP contribution in [0.2, 0.25) is 0 Å². The molecule has 0 heterocycles. The third-order valence-corrected chi connectivity index (χ3v) is 2.39. The molecule has 1 atom stereocenters. The molecule has 0 aromatic rings. The Bertz CT molecular complexity index is 157. The van der Waals surface area contributed by atoms with Crippen molar-refractivity contribution >= 4 is 5.91 Å². The maximum atomic E-state index is 11.7. The van der Waals surface area contributed by atoms with Crippen LogP contribution in [0.25, 0.3) is 0 Å². The number of hydrogen-bond donors (Lipinski definition) is 1. The number of carbonyl (C=O) groups excluding carboxylic acids is 1. The van der Waals surface area contributed by atoms with Crippen LogP contribution in [-0.4, -0.2) is 30.4 Å². The highest BCUT2D eigenvalue weighted by atomic mass is 16.2. The molecule has 0 saturated carbocycles. The molecule has 0 fully saturated rings. The first kappa shape index (κ1) is 12.4. The Morgan fingerprint density at radius 3 is 2.31 bits per heavy atom. The SMILES string of the molecule is CC(CCCN)C(=O)N(C)C(C)C. The van der Waals surface area contributed by atoms with Gasteiger partial charge in [-0.15, -0.1) is 0 Å². The second-order valence-electron chi connectivity index (χ2n) is 3.87. The van der Waals surface area contributed by atoms with Gasteiger partial charge in [0.25, 0.3) is 0 Å². The number of rotatable bonds is 5. The van der Waals surface area contributed by atoms with Crippen LogP contribution in [0.3, 0.4) is 0 Å². The minimum Gasteiger partial charge on any atom is -0.343 e. The summed E-state index contributed by atoms with van der Waals surface area (Å²) in [5, 5.41) is 0. The topological polar surface area (TPSA) is 46.3 Å². The zero-order valence-corrected chi connectivity index (χ0v) is 9.21. The Morgan fingerprint density at radius 2 is 1.92 bits per heavy atom. The molecule has 0 rings (SSSR count). The van der Waals surface area contributed by atoms with Crippen molar-refractivity contribution in [3.8, 4) is 0 Å². The van der Waals surface area contributed by atoms with Crippen LogP contribution in [0, 0.1) is 5.92 Å². The molecular formula is C10H22N2O. The molecule has 0 aliphatic heterocycles. The van der Waals surface area contributed by atoms with Crippen molar-refractivity contribution in [2.24, 2.45) is 11.7 Å². The molecular weight excluding hydrogens is 164 g/mol. The number of nitrogens with zero attached hydrogens (tertiary/aromatic N) is 1. The number of carbonyl (C=O) groups is 1. The van der Waals surface area contributed by atoms with E-state index in [9.17, 15) is 4.79 Å². The molecule has 0 radical (unpaired) electrons. The molecule has 0 aliphatic rings. The van der Waals surface area contributed by atoms with Gasteiger partial charge in [-0.3, -0.25) is 4.79 Å². The van der Waals surface area contributed by atoms with E-state index in [4.69, 9.17) is 5.73 Å². The smallest absolute Gasteiger partial charge is 0.225 e. The van der Waals surface area contributed by atoms with E-state index in [2.05, 4.69) is 0 Å². The summed E-state index contributed by atoms with van der Waals surface area (Å²) in [5.74, 6) is 0.333. The Hall–Kier alpha value is -0.570. The minimum atomic E-state index is 0.107. The first-order valence-corrected chi connectivity index (χ1v) is 4.97. The molecule has 3 nitrogen and oxygen atoms in total. The normalized spacial score (nSPS) is 13.1. The fourth-order valence-corrected chi connectivity index (χ4v) is 1.15. The van der Waals surface area contributed by atoms with Gasteiger partial charge in [-0.25, -0.2) is 0 Å². The molecule has 1 unspecified atom stereocenters. The summed E-state index contributed by atoms with van der Waals surface area (Å²) in [7, 11) is 1.85. The van der Waals surface area contributed by atoms with Crippen LogP contribution < -0.4 is 5.73 Å². The Labute approximate surface area is 81.3 Å². The highest BCUT2D eigenvalue weighted by Gasteiger charge is 2.18. The van der Waals surface area contributed by atoms with Gasteiger partial charge in [-0.05, 0) is 33.2 Å². The molecule has 0 aromatic heterocycles. The highest BCUT2D eigenvalue weighted by Crippen LogP contribution is 2.09. The number of amides is 1. The van der Waals surface area contributed by atoms with Crippen molar-refractivity contribution in [1.29, 1.82) is 0 Å². The Balaban J connectivity index is 3.94. The van der Waals surface area contributed by atoms with E-state index >= 15 is 0 Å². The predicted octanol–water partition coefficient (Wildman–Crippen LogP) is 1.23. The summed E-state index contributed by atoms with van der Waals surface area (Å²) >= 11 is 0. The van der Waals surface area contributed by atoms with Gasteiger partial charge in [0, 0.05) is 19.0 Å². The van der Waals surface area contributed by atoms with Crippen molar-refractivity contribution in [1.82, 2.24) is 4.90 Å². The van der Waals surface area contributed by atoms with E-state index in [0.29, 0.717) is 6.54 Å². The number of hydrogen-bond acceptors (Lipinski definition) is 2. The van der Waals surface area contributed by atoms with E-state index in [0.717, 1.165) is 12.8 Å². The van der Waals surface area contributed by atoms with Crippen LogP contribution in [0.1, 0.15) is 33.6 Å². The van der Waals surface area contributed by atoms with Crippen molar-refractivity contribution in [2.75, 3.05) is 13.6 Å². The molecule has 0 spiro atoms. The van der Waals surface area contributed by atoms with Gasteiger partial charge < -0.3 is 10.6 Å². The van der Waals surface area contributed by atoms with Gasteiger partial charge in [0.05, 0.1) is 0 Å². The van der Waals surface area contributed by atoms with Crippen molar-refractivity contribution < 1.29 is 4.79 Å². The first-order chi connectivity index (χ1) is 6.00. The monoisotopic (exact) mass is 186 g/mol. The lowest BCUT2D eigenvalue weighted by molar-refractivity contribution is -0.135. The summed E-state index contributed by atoms with van der Waals surface area (Å²) in [4.78, 5) is 13.5. The molecule has 1 amide bonds. The van der Waals surface area contributed by atoms with E-state index < -0.39 is 0 Å². The minimum absolute atomic E-state index is 0.107. The van der Waals surface area contributed by atoms with Gasteiger partial charge in [0.1, 0.15) is 0 Å². The lowest BCUT2D eigenvalue weighted by Gasteiger charge is -2.24. The second-order valence-corrected chi connectivity index (χ2v) is 3.87. The second kappa shape index (κ2) is 5.97. The van der Waals surface area contributed by atoms with Gasteiger partial charge in [0.2, 0.25) is 5.91 Å². The maximum absolute atomic E-state index is 11.7. The molecule has 13 heavy (non-hydrogen) atoms. The van der Waals surface area contributed by atoms with Crippen molar-refractivity contribution in [3.63, 3.8) is 0 Å². The Kier molecular flexibility index (Phi) is 5.71. The molecule has 0 saturated heterocycles. The zero-order chi connectivity index (χ0) is 10.4. The molecule has 0 aromatic carbocycles. The third kappa shape index (κ3) is 4.27. The molecule has 0 aliphatic carbocycles. The summed E-state index contributed by atoms with van der Waals surface area (Å²) < 4.78 is 0. The van der Waals surface area contributed by atoms with E-state index in [1.807, 2.05) is 27.8 Å². The van der Waals surface area contributed by atoms with Crippen LogP contribution in [0.5, 0.6) is 0 Å². The fourth-order valence-electron chi connectivity index (χ4n) is 1.15. The van der Waals surface area contributed by atoms with Crippen LogP contribution in [0.15, 0.2) is 0 Å².